The zero-order valence-corrected chi connectivity index (χ0v) is 10.5. The summed E-state index contributed by atoms with van der Waals surface area (Å²) in [6.07, 6.45) is 0. The Labute approximate surface area is 103 Å². The molecule has 1 aromatic rings. The van der Waals surface area contributed by atoms with E-state index in [0.29, 0.717) is 0 Å². The van der Waals surface area contributed by atoms with Gasteiger partial charge in [0, 0.05) is 44.4 Å². The van der Waals surface area contributed by atoms with Crippen LogP contribution in [0.4, 0.5) is 0 Å². The lowest BCUT2D eigenvalue weighted by atomic mass is 10.1. The second kappa shape index (κ2) is 5.89. The molecule has 0 radical (unpaired) electrons. The number of nitrogens with one attached hydrogen (secondary N) is 1. The highest BCUT2D eigenvalue weighted by Gasteiger charge is 2.13. The van der Waals surface area contributed by atoms with Crippen molar-refractivity contribution in [2.75, 3.05) is 40.4 Å². The number of rotatable bonds is 4. The van der Waals surface area contributed by atoms with Crippen LogP contribution in [0.2, 0.25) is 0 Å². The van der Waals surface area contributed by atoms with Crippen molar-refractivity contribution in [3.8, 4) is 11.5 Å². The highest BCUT2D eigenvalue weighted by atomic mass is 16.5. The summed E-state index contributed by atoms with van der Waals surface area (Å²) >= 11 is 0. The molecule has 17 heavy (non-hydrogen) atoms. The van der Waals surface area contributed by atoms with Crippen LogP contribution in [0, 0.1) is 0 Å². The molecule has 1 fully saturated rings. The fourth-order valence-corrected chi connectivity index (χ4v) is 2.09. The van der Waals surface area contributed by atoms with Crippen molar-refractivity contribution in [3.63, 3.8) is 0 Å². The third-order valence-electron chi connectivity index (χ3n) is 3.10. The molecule has 1 N–H and O–H groups in total. The molecule has 1 aromatic carbocycles. The number of nitrogens with zero attached hydrogens (tertiary/aromatic N) is 1. The van der Waals surface area contributed by atoms with Gasteiger partial charge in [-0.25, -0.2) is 0 Å². The van der Waals surface area contributed by atoms with Gasteiger partial charge in [-0.05, 0) is 6.07 Å². The van der Waals surface area contributed by atoms with E-state index in [2.05, 4.69) is 16.3 Å². The summed E-state index contributed by atoms with van der Waals surface area (Å²) in [5.74, 6) is 1.74. The maximum Gasteiger partial charge on any atom is 0.127 e. The molecule has 1 aliphatic rings. The van der Waals surface area contributed by atoms with E-state index in [1.165, 1.54) is 5.56 Å². The molecule has 4 nitrogen and oxygen atoms in total. The summed E-state index contributed by atoms with van der Waals surface area (Å²) in [7, 11) is 3.38. The number of methoxy groups -OCH3 is 2. The minimum atomic E-state index is 0.839. The van der Waals surface area contributed by atoms with Gasteiger partial charge in [0.2, 0.25) is 0 Å². The Balaban J connectivity index is 2.08. The van der Waals surface area contributed by atoms with Crippen molar-refractivity contribution in [2.45, 2.75) is 6.54 Å². The molecular weight excluding hydrogens is 216 g/mol. The van der Waals surface area contributed by atoms with Crippen LogP contribution >= 0.6 is 0 Å². The summed E-state index contributed by atoms with van der Waals surface area (Å²) in [6.45, 7) is 5.26. The lowest BCUT2D eigenvalue weighted by molar-refractivity contribution is 0.230. The van der Waals surface area contributed by atoms with Gasteiger partial charge in [0.05, 0.1) is 14.2 Å². The fraction of sp³-hybridized carbons (Fsp3) is 0.538. The lowest BCUT2D eigenvalue weighted by Crippen LogP contribution is -2.42. The van der Waals surface area contributed by atoms with Crippen molar-refractivity contribution < 1.29 is 9.47 Å². The molecule has 0 bridgehead atoms. The molecule has 1 aliphatic heterocycles. The van der Waals surface area contributed by atoms with E-state index in [9.17, 15) is 0 Å². The first-order chi connectivity index (χ1) is 8.33. The van der Waals surface area contributed by atoms with E-state index >= 15 is 0 Å². The highest BCUT2D eigenvalue weighted by Crippen LogP contribution is 2.25. The van der Waals surface area contributed by atoms with Gasteiger partial charge < -0.3 is 14.8 Å². The van der Waals surface area contributed by atoms with Crippen molar-refractivity contribution in [1.29, 1.82) is 0 Å². The molecule has 0 unspecified atom stereocenters. The molecule has 0 aromatic heterocycles. The summed E-state index contributed by atoms with van der Waals surface area (Å²) in [6, 6.07) is 6.01. The van der Waals surface area contributed by atoms with Crippen LogP contribution in [0.3, 0.4) is 0 Å². The number of piperazine rings is 1. The van der Waals surface area contributed by atoms with Crippen LogP contribution < -0.4 is 14.8 Å². The molecule has 2 rings (SSSR count). The monoisotopic (exact) mass is 236 g/mol. The number of hydrogen-bond acceptors (Lipinski definition) is 4. The molecule has 0 aliphatic carbocycles. The molecule has 94 valence electrons. The summed E-state index contributed by atoms with van der Waals surface area (Å²) in [5, 5.41) is 3.35. The van der Waals surface area contributed by atoms with Crippen LogP contribution in [-0.2, 0) is 6.54 Å². The third-order valence-corrected chi connectivity index (χ3v) is 3.10. The molecule has 4 heteroatoms. The zero-order chi connectivity index (χ0) is 12.1. The Morgan fingerprint density at radius 2 is 1.94 bits per heavy atom. The average molecular weight is 236 g/mol. The van der Waals surface area contributed by atoms with Gasteiger partial charge in [-0.2, -0.15) is 0 Å². The Morgan fingerprint density at radius 1 is 1.18 bits per heavy atom. The molecule has 0 saturated carbocycles. The predicted molar refractivity (Wildman–Crippen MR) is 67.7 cm³/mol. The second-order valence-corrected chi connectivity index (χ2v) is 4.20. The van der Waals surface area contributed by atoms with E-state index in [0.717, 1.165) is 44.2 Å². The van der Waals surface area contributed by atoms with Crippen LogP contribution in [0.25, 0.3) is 0 Å². The van der Waals surface area contributed by atoms with E-state index in [4.69, 9.17) is 9.47 Å². The van der Waals surface area contributed by atoms with Crippen LogP contribution in [0.1, 0.15) is 5.56 Å². The zero-order valence-electron chi connectivity index (χ0n) is 10.5. The van der Waals surface area contributed by atoms with Gasteiger partial charge in [-0.15, -0.1) is 0 Å². The quantitative estimate of drug-likeness (QED) is 0.849. The van der Waals surface area contributed by atoms with Gasteiger partial charge >= 0.3 is 0 Å². The Kier molecular flexibility index (Phi) is 4.23. The van der Waals surface area contributed by atoms with Crippen LogP contribution in [0.15, 0.2) is 18.2 Å². The van der Waals surface area contributed by atoms with E-state index in [1.54, 1.807) is 14.2 Å². The Morgan fingerprint density at radius 3 is 2.59 bits per heavy atom. The second-order valence-electron chi connectivity index (χ2n) is 4.20. The van der Waals surface area contributed by atoms with Crippen molar-refractivity contribution in [3.05, 3.63) is 23.8 Å². The van der Waals surface area contributed by atoms with E-state index < -0.39 is 0 Å². The van der Waals surface area contributed by atoms with Crippen molar-refractivity contribution >= 4 is 0 Å². The fourth-order valence-electron chi connectivity index (χ4n) is 2.09. The molecule has 1 heterocycles. The van der Waals surface area contributed by atoms with Crippen LogP contribution in [0.5, 0.6) is 11.5 Å². The molecule has 0 amide bonds. The van der Waals surface area contributed by atoms with E-state index in [1.807, 2.05) is 12.1 Å². The van der Waals surface area contributed by atoms with Crippen molar-refractivity contribution in [1.82, 2.24) is 10.2 Å². The van der Waals surface area contributed by atoms with Gasteiger partial charge in [0.25, 0.3) is 0 Å². The summed E-state index contributed by atoms with van der Waals surface area (Å²) in [5.41, 5.74) is 1.22. The predicted octanol–water partition coefficient (Wildman–Crippen LogP) is 1.11. The van der Waals surface area contributed by atoms with Crippen LogP contribution in [-0.4, -0.2) is 45.3 Å². The number of ether oxygens (including phenoxy) is 2. The van der Waals surface area contributed by atoms with Gasteiger partial charge in [0.15, 0.2) is 0 Å². The van der Waals surface area contributed by atoms with E-state index in [-0.39, 0.29) is 0 Å². The lowest BCUT2D eigenvalue weighted by Gasteiger charge is -2.27. The Bertz CT molecular complexity index is 362. The maximum absolute atomic E-state index is 5.41. The largest absolute Gasteiger partial charge is 0.497 e. The standard InChI is InChI=1S/C13H20N2O2/c1-16-12-4-3-11(13(9-12)17-2)10-15-7-5-14-6-8-15/h3-4,9,14H,5-8,10H2,1-2H3. The highest BCUT2D eigenvalue weighted by molar-refractivity contribution is 5.40. The maximum atomic E-state index is 5.41. The van der Waals surface area contributed by atoms with Gasteiger partial charge in [-0.1, -0.05) is 6.07 Å². The minimum absolute atomic E-state index is 0.839. The third kappa shape index (κ3) is 3.11. The first-order valence-corrected chi connectivity index (χ1v) is 5.97. The minimum Gasteiger partial charge on any atom is -0.497 e. The molecule has 1 saturated heterocycles. The summed E-state index contributed by atoms with van der Waals surface area (Å²) < 4.78 is 10.6. The van der Waals surface area contributed by atoms with Gasteiger partial charge in [-0.3, -0.25) is 4.90 Å². The normalized spacial score (nSPS) is 16.8. The van der Waals surface area contributed by atoms with Crippen molar-refractivity contribution in [2.24, 2.45) is 0 Å². The first kappa shape index (κ1) is 12.2. The molecular formula is C13H20N2O2. The smallest absolute Gasteiger partial charge is 0.127 e. The topological polar surface area (TPSA) is 33.7 Å². The molecule has 0 spiro atoms. The SMILES string of the molecule is COc1ccc(CN2CCNCC2)c(OC)c1. The first-order valence-electron chi connectivity index (χ1n) is 5.97. The Hall–Kier alpha value is -1.26. The summed E-state index contributed by atoms with van der Waals surface area (Å²) in [4.78, 5) is 2.43. The average Bonchev–Trinajstić information content (AvgIpc) is 2.40. The van der Waals surface area contributed by atoms with Gasteiger partial charge in [0.1, 0.15) is 11.5 Å². The number of benzene rings is 1. The number of hydrogen-bond donors (Lipinski definition) is 1. The molecule has 0 atom stereocenters.